The first kappa shape index (κ1) is 19.9. The summed E-state index contributed by atoms with van der Waals surface area (Å²) < 4.78 is 38.8. The van der Waals surface area contributed by atoms with E-state index in [9.17, 15) is 18.0 Å². The largest absolute Gasteiger partial charge is 0.430 e. The monoisotopic (exact) mass is 407 g/mol. The summed E-state index contributed by atoms with van der Waals surface area (Å²) in [7, 11) is 0. The number of halogens is 4. The summed E-state index contributed by atoms with van der Waals surface area (Å²) in [4.78, 5) is 18.2. The maximum absolute atomic E-state index is 12.9. The Morgan fingerprint density at radius 2 is 1.68 bits per heavy atom. The Kier molecular flexibility index (Phi) is 5.74. The molecule has 0 radical (unpaired) electrons. The second kappa shape index (κ2) is 8.06. The van der Waals surface area contributed by atoms with Crippen molar-refractivity contribution in [3.8, 4) is 0 Å². The molecular formula is C20H17ClF3N3O. The first-order valence-electron chi connectivity index (χ1n) is 8.53. The van der Waals surface area contributed by atoms with Crippen LogP contribution in [0, 0.1) is 0 Å². The zero-order valence-electron chi connectivity index (χ0n) is 14.7. The summed E-state index contributed by atoms with van der Waals surface area (Å²) in [5, 5.41) is 0.295. The predicted molar refractivity (Wildman–Crippen MR) is 103 cm³/mol. The molecule has 0 aliphatic carbocycles. The van der Waals surface area contributed by atoms with Crippen LogP contribution in [0.2, 0.25) is 5.02 Å². The van der Waals surface area contributed by atoms with Crippen LogP contribution in [0.5, 0.6) is 0 Å². The highest BCUT2D eigenvalue weighted by Crippen LogP contribution is 2.27. The third-order valence-electron chi connectivity index (χ3n) is 4.28. The van der Waals surface area contributed by atoms with Gasteiger partial charge < -0.3 is 10.6 Å². The molecule has 0 atom stereocenters. The second-order valence-electron chi connectivity index (χ2n) is 6.27. The van der Waals surface area contributed by atoms with Crippen LogP contribution in [0.25, 0.3) is 0 Å². The molecule has 146 valence electrons. The molecule has 1 fully saturated rings. The van der Waals surface area contributed by atoms with E-state index in [4.69, 9.17) is 17.3 Å². The van der Waals surface area contributed by atoms with E-state index >= 15 is 0 Å². The lowest BCUT2D eigenvalue weighted by Gasteiger charge is -2.30. The number of benzene rings is 2. The average Bonchev–Trinajstić information content (AvgIpc) is 2.60. The number of hydrogen-bond acceptors (Lipinski definition) is 3. The number of alkyl halides is 3. The number of amides is 1. The van der Waals surface area contributed by atoms with Crippen molar-refractivity contribution in [2.24, 2.45) is 10.7 Å². The maximum Gasteiger partial charge on any atom is 0.430 e. The van der Waals surface area contributed by atoms with Crippen LogP contribution in [0.3, 0.4) is 0 Å². The van der Waals surface area contributed by atoms with Crippen molar-refractivity contribution >= 4 is 28.9 Å². The molecule has 1 aliphatic rings. The number of allylic oxidation sites excluding steroid dienone is 2. The molecule has 3 rings (SSSR count). The van der Waals surface area contributed by atoms with Crippen LogP contribution in [0.15, 0.2) is 65.3 Å². The van der Waals surface area contributed by atoms with Gasteiger partial charge in [0.1, 0.15) is 5.70 Å². The molecule has 0 spiro atoms. The molecule has 0 unspecified atom stereocenters. The van der Waals surface area contributed by atoms with Crippen LogP contribution in [-0.2, 0) is 0 Å². The van der Waals surface area contributed by atoms with Crippen LogP contribution < -0.4 is 5.73 Å². The van der Waals surface area contributed by atoms with Crippen molar-refractivity contribution in [1.29, 1.82) is 0 Å². The van der Waals surface area contributed by atoms with Gasteiger partial charge in [0.05, 0.1) is 16.4 Å². The van der Waals surface area contributed by atoms with Gasteiger partial charge >= 0.3 is 6.18 Å². The quantitative estimate of drug-likeness (QED) is 0.746. The molecule has 1 aliphatic heterocycles. The fourth-order valence-corrected chi connectivity index (χ4v) is 2.74. The van der Waals surface area contributed by atoms with Gasteiger partial charge in [-0.05, 0) is 36.8 Å². The fourth-order valence-electron chi connectivity index (χ4n) is 2.57. The van der Waals surface area contributed by atoms with E-state index in [-0.39, 0.29) is 11.6 Å². The van der Waals surface area contributed by atoms with Gasteiger partial charge in [-0.3, -0.25) is 4.79 Å². The lowest BCUT2D eigenvalue weighted by atomic mass is 10.0. The molecule has 8 heteroatoms. The number of rotatable bonds is 4. The van der Waals surface area contributed by atoms with E-state index in [0.29, 0.717) is 34.9 Å². The summed E-state index contributed by atoms with van der Waals surface area (Å²) in [6.45, 7) is 1.43. The molecule has 4 nitrogen and oxygen atoms in total. The molecule has 28 heavy (non-hydrogen) atoms. The van der Waals surface area contributed by atoms with Gasteiger partial charge in [-0.1, -0.05) is 35.9 Å². The smallest absolute Gasteiger partial charge is 0.395 e. The van der Waals surface area contributed by atoms with Gasteiger partial charge in [-0.25, -0.2) is 4.99 Å². The molecule has 2 aromatic carbocycles. The summed E-state index contributed by atoms with van der Waals surface area (Å²) in [5.74, 6) is -0.104. The van der Waals surface area contributed by atoms with E-state index < -0.39 is 11.9 Å². The summed E-state index contributed by atoms with van der Waals surface area (Å²) in [6.07, 6.45) is -2.95. The Bertz CT molecular complexity index is 932. The summed E-state index contributed by atoms with van der Waals surface area (Å²) in [5.41, 5.74) is 5.06. The highest BCUT2D eigenvalue weighted by Gasteiger charge is 2.32. The minimum Gasteiger partial charge on any atom is -0.395 e. The lowest BCUT2D eigenvalue weighted by Crippen LogP contribution is -2.41. The van der Waals surface area contributed by atoms with Crippen LogP contribution in [-0.4, -0.2) is 35.8 Å². The van der Waals surface area contributed by atoms with Crippen LogP contribution in [0.4, 0.5) is 18.9 Å². The average molecular weight is 408 g/mol. The number of carbonyl (C=O) groups is 1. The van der Waals surface area contributed by atoms with Crippen molar-refractivity contribution in [3.63, 3.8) is 0 Å². The van der Waals surface area contributed by atoms with Gasteiger partial charge in [-0.15, -0.1) is 0 Å². The molecule has 0 bridgehead atoms. The third-order valence-corrected chi connectivity index (χ3v) is 4.60. The number of nitrogens with zero attached hydrogens (tertiary/aromatic N) is 2. The Morgan fingerprint density at radius 1 is 1.07 bits per heavy atom. The summed E-state index contributed by atoms with van der Waals surface area (Å²) >= 11 is 6.07. The van der Waals surface area contributed by atoms with Crippen molar-refractivity contribution in [2.75, 3.05) is 13.1 Å². The Labute approximate surface area is 165 Å². The van der Waals surface area contributed by atoms with Gasteiger partial charge in [0.2, 0.25) is 0 Å². The van der Waals surface area contributed by atoms with Crippen molar-refractivity contribution in [3.05, 3.63) is 76.5 Å². The molecule has 2 aromatic rings. The van der Waals surface area contributed by atoms with Crippen molar-refractivity contribution < 1.29 is 18.0 Å². The van der Waals surface area contributed by atoms with E-state index in [1.54, 1.807) is 53.4 Å². The molecule has 0 saturated carbocycles. The number of hydrogen-bond donors (Lipinski definition) is 1. The normalized spacial score (nSPS) is 15.4. The second-order valence-corrected chi connectivity index (χ2v) is 6.68. The highest BCUT2D eigenvalue weighted by molar-refractivity contribution is 6.33. The SMILES string of the molecule is N/C(=C\C(=Nc1ccccc1Cl)c1ccc(C(=O)N2CCC2)cc1)C(F)(F)F. The van der Waals surface area contributed by atoms with Gasteiger partial charge in [0.25, 0.3) is 5.91 Å². The van der Waals surface area contributed by atoms with Crippen molar-refractivity contribution in [1.82, 2.24) is 4.90 Å². The van der Waals surface area contributed by atoms with E-state index in [2.05, 4.69) is 4.99 Å². The topological polar surface area (TPSA) is 58.7 Å². The molecule has 2 N–H and O–H groups in total. The predicted octanol–water partition coefficient (Wildman–Crippen LogP) is 4.71. The standard InChI is InChI=1S/C20H17ClF3N3O/c21-15-4-1-2-5-16(15)26-17(12-18(25)20(22,23)24)13-6-8-14(9-7-13)19(28)27-10-3-11-27/h1-2,4-9,12H,3,10-11,25H2/b18-12-,26-17?. The van der Waals surface area contributed by atoms with Gasteiger partial charge in [0.15, 0.2) is 0 Å². The Hall–Kier alpha value is -2.80. The maximum atomic E-state index is 12.9. The minimum atomic E-state index is -4.69. The number of carbonyl (C=O) groups excluding carboxylic acids is 1. The first-order valence-corrected chi connectivity index (χ1v) is 8.91. The number of nitrogens with two attached hydrogens (primary N) is 1. The van der Waals surface area contributed by atoms with Crippen LogP contribution in [0.1, 0.15) is 22.3 Å². The minimum absolute atomic E-state index is 0.00845. The molecule has 1 amide bonds. The Balaban J connectivity index is 1.99. The highest BCUT2D eigenvalue weighted by atomic mass is 35.5. The molecule has 0 aromatic heterocycles. The fraction of sp³-hybridized carbons (Fsp3) is 0.200. The zero-order valence-corrected chi connectivity index (χ0v) is 15.5. The number of aliphatic imine (C=N–C) groups is 1. The molecule has 1 heterocycles. The molecular weight excluding hydrogens is 391 g/mol. The Morgan fingerprint density at radius 3 is 2.21 bits per heavy atom. The number of para-hydroxylation sites is 1. The number of likely N-dealkylation sites (tertiary alicyclic amines) is 1. The van der Waals surface area contributed by atoms with E-state index in [1.807, 2.05) is 0 Å². The third kappa shape index (κ3) is 4.54. The van der Waals surface area contributed by atoms with E-state index in [0.717, 1.165) is 12.5 Å². The van der Waals surface area contributed by atoms with Gasteiger partial charge in [-0.2, -0.15) is 13.2 Å². The summed E-state index contributed by atoms with van der Waals surface area (Å²) in [6, 6.07) is 12.8. The van der Waals surface area contributed by atoms with E-state index in [1.165, 1.54) is 0 Å². The zero-order chi connectivity index (χ0) is 20.3. The molecule has 1 saturated heterocycles. The first-order chi connectivity index (χ1) is 13.3. The van der Waals surface area contributed by atoms with Crippen LogP contribution >= 0.6 is 11.6 Å². The van der Waals surface area contributed by atoms with Crippen molar-refractivity contribution in [2.45, 2.75) is 12.6 Å². The lowest BCUT2D eigenvalue weighted by molar-refractivity contribution is -0.0925. The van der Waals surface area contributed by atoms with Gasteiger partial charge in [0, 0.05) is 24.2 Å².